The van der Waals surface area contributed by atoms with Crippen LogP contribution in [0.3, 0.4) is 0 Å². The highest BCUT2D eigenvalue weighted by molar-refractivity contribution is 5.77. The van der Waals surface area contributed by atoms with Gasteiger partial charge in [-0.1, -0.05) is 35.4 Å². The number of aromatic nitrogens is 1. The molecule has 216 valence electrons. The number of carboxylic acid groups (broad SMARTS) is 1. The molecule has 0 radical (unpaired) electrons. The fourth-order valence-corrected chi connectivity index (χ4v) is 5.73. The molecular formula is C33H39N3O5. The van der Waals surface area contributed by atoms with Crippen molar-refractivity contribution in [3.8, 4) is 16.9 Å². The number of aliphatic carboxylic acids is 1. The van der Waals surface area contributed by atoms with Crippen molar-refractivity contribution in [3.63, 3.8) is 0 Å². The van der Waals surface area contributed by atoms with E-state index >= 15 is 0 Å². The van der Waals surface area contributed by atoms with Crippen LogP contribution in [0.4, 0.5) is 10.6 Å². The molecule has 2 atom stereocenters. The van der Waals surface area contributed by atoms with Gasteiger partial charge in [-0.15, -0.1) is 0 Å². The number of ether oxygens (including phenoxy) is 2. The standard InChI is InChI=1S/C33H39N3O5/c1-20-14-21(2)16-24(15-20)30-22(3)36(32(39)41-30)19-27-25(9-11-29(34-27)35-12-7-13-35)26-17-23(8-10-28(26)40-6)18-33(4,5)31(37)38/h8-11,14-17,22,30H,7,12-13,18-19H2,1-6H3,(H,37,38)/t22-,30-/m0/s1. The van der Waals surface area contributed by atoms with Crippen LogP contribution in [0.1, 0.15) is 61.2 Å². The monoisotopic (exact) mass is 557 g/mol. The Morgan fingerprint density at radius 3 is 2.39 bits per heavy atom. The van der Waals surface area contributed by atoms with Gasteiger partial charge in [0, 0.05) is 24.2 Å². The summed E-state index contributed by atoms with van der Waals surface area (Å²) in [7, 11) is 1.62. The molecule has 0 unspecified atom stereocenters. The fraction of sp³-hybridized carbons (Fsp3) is 0.424. The summed E-state index contributed by atoms with van der Waals surface area (Å²) < 4.78 is 11.7. The molecule has 3 heterocycles. The maximum Gasteiger partial charge on any atom is 0.411 e. The van der Waals surface area contributed by atoms with Gasteiger partial charge in [0.2, 0.25) is 0 Å². The molecule has 8 heteroatoms. The molecule has 5 rings (SSSR count). The number of carbonyl (C=O) groups is 2. The quantitative estimate of drug-likeness (QED) is 0.329. The molecule has 1 amide bonds. The third kappa shape index (κ3) is 5.73. The summed E-state index contributed by atoms with van der Waals surface area (Å²) in [5, 5.41) is 9.70. The van der Waals surface area contributed by atoms with Crippen LogP contribution in [-0.4, -0.2) is 53.3 Å². The lowest BCUT2D eigenvalue weighted by Crippen LogP contribution is -2.38. The van der Waals surface area contributed by atoms with Crippen molar-refractivity contribution in [1.82, 2.24) is 9.88 Å². The van der Waals surface area contributed by atoms with Gasteiger partial charge in [0.1, 0.15) is 17.7 Å². The lowest BCUT2D eigenvalue weighted by atomic mass is 9.85. The lowest BCUT2D eigenvalue weighted by molar-refractivity contribution is -0.146. The van der Waals surface area contributed by atoms with Gasteiger partial charge in [-0.2, -0.15) is 0 Å². The average Bonchev–Trinajstić information content (AvgIpc) is 3.15. The number of carbonyl (C=O) groups excluding carboxylic acids is 1. The van der Waals surface area contributed by atoms with Crippen LogP contribution in [0, 0.1) is 19.3 Å². The van der Waals surface area contributed by atoms with E-state index in [0.717, 1.165) is 64.4 Å². The Morgan fingerprint density at radius 1 is 1.07 bits per heavy atom. The molecule has 3 aromatic rings. The van der Waals surface area contributed by atoms with Crippen molar-refractivity contribution in [2.24, 2.45) is 5.41 Å². The number of amides is 1. The number of nitrogens with zero attached hydrogens (tertiary/aromatic N) is 3. The van der Waals surface area contributed by atoms with Crippen molar-refractivity contribution in [2.45, 2.75) is 66.2 Å². The minimum atomic E-state index is -0.924. The van der Waals surface area contributed by atoms with E-state index in [1.54, 1.807) is 25.9 Å². The Kier molecular flexibility index (Phi) is 7.68. The maximum atomic E-state index is 13.3. The van der Waals surface area contributed by atoms with Crippen LogP contribution < -0.4 is 9.64 Å². The predicted octanol–water partition coefficient (Wildman–Crippen LogP) is 6.32. The molecule has 41 heavy (non-hydrogen) atoms. The smallest absolute Gasteiger partial charge is 0.411 e. The zero-order valence-corrected chi connectivity index (χ0v) is 24.7. The number of methoxy groups -OCH3 is 1. The van der Waals surface area contributed by atoms with Crippen molar-refractivity contribution in [2.75, 3.05) is 25.1 Å². The van der Waals surface area contributed by atoms with Gasteiger partial charge in [-0.25, -0.2) is 9.78 Å². The summed E-state index contributed by atoms with van der Waals surface area (Å²) in [4.78, 5) is 34.1. The van der Waals surface area contributed by atoms with Gasteiger partial charge in [0.15, 0.2) is 0 Å². The van der Waals surface area contributed by atoms with Crippen LogP contribution in [0.2, 0.25) is 0 Å². The molecule has 0 spiro atoms. The molecule has 2 fully saturated rings. The summed E-state index contributed by atoms with van der Waals surface area (Å²) in [6, 6.07) is 15.9. The molecule has 1 N–H and O–H groups in total. The second-order valence-corrected chi connectivity index (χ2v) is 12.0. The van der Waals surface area contributed by atoms with Crippen molar-refractivity contribution in [1.29, 1.82) is 0 Å². The average molecular weight is 558 g/mol. The molecule has 0 saturated carbocycles. The van der Waals surface area contributed by atoms with E-state index in [2.05, 4.69) is 23.1 Å². The molecule has 0 bridgehead atoms. The Labute approximate surface area is 241 Å². The Hall–Kier alpha value is -4.07. The van der Waals surface area contributed by atoms with Crippen molar-refractivity contribution < 1.29 is 24.2 Å². The number of aryl methyl sites for hydroxylation is 2. The molecular weight excluding hydrogens is 518 g/mol. The van der Waals surface area contributed by atoms with Crippen molar-refractivity contribution >= 4 is 17.9 Å². The highest BCUT2D eigenvalue weighted by Crippen LogP contribution is 2.39. The van der Waals surface area contributed by atoms with E-state index in [-0.39, 0.29) is 24.8 Å². The normalized spacial score (nSPS) is 18.7. The molecule has 2 aliphatic rings. The number of hydrogen-bond donors (Lipinski definition) is 1. The molecule has 2 saturated heterocycles. The largest absolute Gasteiger partial charge is 0.496 e. The first-order valence-corrected chi connectivity index (χ1v) is 14.2. The van der Waals surface area contributed by atoms with E-state index in [1.807, 2.05) is 51.1 Å². The highest BCUT2D eigenvalue weighted by Gasteiger charge is 2.40. The summed E-state index contributed by atoms with van der Waals surface area (Å²) in [5.41, 5.74) is 5.61. The van der Waals surface area contributed by atoms with E-state index in [1.165, 1.54) is 0 Å². The van der Waals surface area contributed by atoms with Crippen molar-refractivity contribution in [3.05, 3.63) is 76.5 Å². The van der Waals surface area contributed by atoms with E-state index in [4.69, 9.17) is 14.5 Å². The fourth-order valence-electron chi connectivity index (χ4n) is 5.73. The summed E-state index contributed by atoms with van der Waals surface area (Å²) in [6.07, 6.45) is 0.745. The molecule has 1 aromatic heterocycles. The van der Waals surface area contributed by atoms with Gasteiger partial charge >= 0.3 is 12.1 Å². The number of carboxylic acids is 1. The van der Waals surface area contributed by atoms with Crippen LogP contribution in [0.15, 0.2) is 48.5 Å². The Morgan fingerprint density at radius 2 is 1.78 bits per heavy atom. The third-order valence-corrected chi connectivity index (χ3v) is 8.20. The molecule has 2 aliphatic heterocycles. The van der Waals surface area contributed by atoms with Gasteiger partial charge in [0.05, 0.1) is 30.8 Å². The summed E-state index contributed by atoms with van der Waals surface area (Å²) in [5.74, 6) is 0.686. The van der Waals surface area contributed by atoms with E-state index in [9.17, 15) is 14.7 Å². The lowest BCUT2D eigenvalue weighted by Gasteiger charge is -2.33. The van der Waals surface area contributed by atoms with Crippen LogP contribution >= 0.6 is 0 Å². The Balaban J connectivity index is 1.53. The van der Waals surface area contributed by atoms with Gasteiger partial charge in [-0.3, -0.25) is 9.69 Å². The first kappa shape index (κ1) is 28.5. The zero-order chi connectivity index (χ0) is 29.5. The molecule has 8 nitrogen and oxygen atoms in total. The topological polar surface area (TPSA) is 92.2 Å². The van der Waals surface area contributed by atoms with E-state index < -0.39 is 11.4 Å². The van der Waals surface area contributed by atoms with Crippen LogP contribution in [0.25, 0.3) is 11.1 Å². The number of hydrogen-bond acceptors (Lipinski definition) is 6. The van der Waals surface area contributed by atoms with Gasteiger partial charge in [0.25, 0.3) is 0 Å². The second-order valence-electron chi connectivity index (χ2n) is 12.0. The first-order chi connectivity index (χ1) is 19.5. The highest BCUT2D eigenvalue weighted by atomic mass is 16.6. The predicted molar refractivity (Wildman–Crippen MR) is 158 cm³/mol. The molecule has 2 aromatic carbocycles. The number of cyclic esters (lactones) is 1. The van der Waals surface area contributed by atoms with E-state index in [0.29, 0.717) is 12.2 Å². The summed E-state index contributed by atoms with van der Waals surface area (Å²) >= 11 is 0. The van der Waals surface area contributed by atoms with Crippen LogP contribution in [-0.2, 0) is 22.5 Å². The van der Waals surface area contributed by atoms with Crippen LogP contribution in [0.5, 0.6) is 5.75 Å². The number of anilines is 1. The number of pyridine rings is 1. The molecule has 0 aliphatic carbocycles. The number of rotatable bonds is 9. The van der Waals surface area contributed by atoms with Gasteiger partial charge < -0.3 is 19.5 Å². The second kappa shape index (κ2) is 11.1. The maximum absolute atomic E-state index is 13.3. The SMILES string of the molecule is COc1ccc(CC(C)(C)C(=O)O)cc1-c1ccc(N2CCC2)nc1CN1C(=O)O[C@H](c2cc(C)cc(C)c2)[C@@H]1C. The number of benzene rings is 2. The summed E-state index contributed by atoms with van der Waals surface area (Å²) in [6.45, 7) is 11.7. The minimum Gasteiger partial charge on any atom is -0.496 e. The third-order valence-electron chi connectivity index (χ3n) is 8.20. The minimum absolute atomic E-state index is 0.199. The van der Waals surface area contributed by atoms with Gasteiger partial charge in [-0.05, 0) is 82.9 Å². The first-order valence-electron chi connectivity index (χ1n) is 14.2. The zero-order valence-electron chi connectivity index (χ0n) is 24.7. The Bertz CT molecular complexity index is 1460.